The van der Waals surface area contributed by atoms with Gasteiger partial charge in [-0.05, 0) is 35.9 Å². The van der Waals surface area contributed by atoms with Crippen molar-refractivity contribution < 1.29 is 14.3 Å². The zero-order valence-corrected chi connectivity index (χ0v) is 12.8. The predicted octanol–water partition coefficient (Wildman–Crippen LogP) is 2.85. The van der Waals surface area contributed by atoms with Crippen LogP contribution in [0.3, 0.4) is 0 Å². The number of hydrogen-bond donors (Lipinski definition) is 2. The Morgan fingerprint density at radius 2 is 1.96 bits per heavy atom. The van der Waals surface area contributed by atoms with Gasteiger partial charge in [-0.25, -0.2) is 14.2 Å². The van der Waals surface area contributed by atoms with E-state index in [0.717, 1.165) is 11.3 Å². The number of hydrogen-bond acceptors (Lipinski definition) is 4. The molecule has 2 aromatic heterocycles. The molecule has 1 aromatic carbocycles. The molecule has 0 radical (unpaired) electrons. The van der Waals surface area contributed by atoms with Crippen molar-refractivity contribution in [3.05, 3.63) is 77.5 Å². The second-order valence-electron chi connectivity index (χ2n) is 5.28. The molecule has 0 aliphatic heterocycles. The molecule has 0 bridgehead atoms. The Morgan fingerprint density at radius 1 is 1.21 bits per heavy atom. The molecule has 24 heavy (non-hydrogen) atoms. The van der Waals surface area contributed by atoms with Gasteiger partial charge in [0.05, 0.1) is 17.3 Å². The highest BCUT2D eigenvalue weighted by Crippen LogP contribution is 2.25. The lowest BCUT2D eigenvalue weighted by atomic mass is 10.0. The van der Waals surface area contributed by atoms with Gasteiger partial charge in [0, 0.05) is 19.4 Å². The number of benzene rings is 1. The fraction of sp³-hybridized carbons (Fsp3) is 0.118. The molecular weight excluding hydrogens is 311 g/mol. The lowest BCUT2D eigenvalue weighted by Crippen LogP contribution is -2.14. The van der Waals surface area contributed by atoms with E-state index in [1.807, 2.05) is 19.3 Å². The lowest BCUT2D eigenvalue weighted by molar-refractivity contribution is 0.0696. The topological polar surface area (TPSA) is 80.0 Å². The SMILES string of the molecule is Cn1ccc(C(Nc2ccc(C(=O)O)cn2)c2ccc(F)cc2)n1. The first-order valence-electron chi connectivity index (χ1n) is 7.24. The van der Waals surface area contributed by atoms with E-state index < -0.39 is 5.97 Å². The van der Waals surface area contributed by atoms with Crippen LogP contribution in [0, 0.1) is 5.82 Å². The van der Waals surface area contributed by atoms with Gasteiger partial charge >= 0.3 is 5.97 Å². The number of nitrogens with one attached hydrogen (secondary N) is 1. The number of pyridine rings is 1. The molecule has 6 nitrogen and oxygen atoms in total. The van der Waals surface area contributed by atoms with Gasteiger partial charge < -0.3 is 10.4 Å². The van der Waals surface area contributed by atoms with Crippen LogP contribution in [0.5, 0.6) is 0 Å². The monoisotopic (exact) mass is 326 g/mol. The second-order valence-corrected chi connectivity index (χ2v) is 5.28. The summed E-state index contributed by atoms with van der Waals surface area (Å²) in [6.07, 6.45) is 3.10. The number of anilines is 1. The highest BCUT2D eigenvalue weighted by molar-refractivity contribution is 5.87. The minimum absolute atomic E-state index is 0.108. The highest BCUT2D eigenvalue weighted by atomic mass is 19.1. The van der Waals surface area contributed by atoms with E-state index in [1.54, 1.807) is 22.9 Å². The van der Waals surface area contributed by atoms with Gasteiger partial charge in [-0.1, -0.05) is 12.1 Å². The number of aromatic carboxylic acids is 1. The lowest BCUT2D eigenvalue weighted by Gasteiger charge is -2.18. The van der Waals surface area contributed by atoms with E-state index >= 15 is 0 Å². The number of aryl methyl sites for hydroxylation is 1. The Labute approximate surface area is 137 Å². The summed E-state index contributed by atoms with van der Waals surface area (Å²) in [6.45, 7) is 0. The molecule has 0 saturated carbocycles. The van der Waals surface area contributed by atoms with Crippen LogP contribution in [0.2, 0.25) is 0 Å². The summed E-state index contributed by atoms with van der Waals surface area (Å²) in [4.78, 5) is 15.0. The Balaban J connectivity index is 1.92. The predicted molar refractivity (Wildman–Crippen MR) is 86.3 cm³/mol. The van der Waals surface area contributed by atoms with Crippen molar-refractivity contribution in [3.63, 3.8) is 0 Å². The number of nitrogens with zero attached hydrogens (tertiary/aromatic N) is 3. The molecule has 2 N–H and O–H groups in total. The molecule has 0 saturated heterocycles. The second kappa shape index (κ2) is 6.49. The van der Waals surface area contributed by atoms with Crippen LogP contribution in [-0.2, 0) is 7.05 Å². The molecule has 1 atom stereocenters. The third kappa shape index (κ3) is 3.40. The van der Waals surface area contributed by atoms with E-state index in [1.165, 1.54) is 24.4 Å². The number of halogens is 1. The Bertz CT molecular complexity index is 844. The maximum Gasteiger partial charge on any atom is 0.337 e. The summed E-state index contributed by atoms with van der Waals surface area (Å²) >= 11 is 0. The maximum absolute atomic E-state index is 13.2. The van der Waals surface area contributed by atoms with Crippen LogP contribution >= 0.6 is 0 Å². The van der Waals surface area contributed by atoms with Gasteiger partial charge in [-0.15, -0.1) is 0 Å². The first-order valence-corrected chi connectivity index (χ1v) is 7.24. The molecule has 0 amide bonds. The zero-order chi connectivity index (χ0) is 17.1. The van der Waals surface area contributed by atoms with Gasteiger partial charge in [0.2, 0.25) is 0 Å². The van der Waals surface area contributed by atoms with E-state index in [-0.39, 0.29) is 17.4 Å². The van der Waals surface area contributed by atoms with E-state index in [9.17, 15) is 9.18 Å². The van der Waals surface area contributed by atoms with Crippen molar-refractivity contribution in [2.24, 2.45) is 7.05 Å². The Morgan fingerprint density at radius 3 is 2.50 bits per heavy atom. The normalized spacial score (nSPS) is 11.9. The van der Waals surface area contributed by atoms with Gasteiger partial charge in [0.25, 0.3) is 0 Å². The van der Waals surface area contributed by atoms with Crippen molar-refractivity contribution >= 4 is 11.8 Å². The molecule has 3 aromatic rings. The van der Waals surface area contributed by atoms with Crippen molar-refractivity contribution in [1.82, 2.24) is 14.8 Å². The van der Waals surface area contributed by atoms with Crippen LogP contribution in [0.25, 0.3) is 0 Å². The first-order chi connectivity index (χ1) is 11.5. The fourth-order valence-electron chi connectivity index (χ4n) is 2.32. The molecule has 3 rings (SSSR count). The number of carboxylic acids is 1. The molecule has 0 fully saturated rings. The number of aromatic nitrogens is 3. The van der Waals surface area contributed by atoms with Gasteiger partial charge in [0.15, 0.2) is 0 Å². The first kappa shape index (κ1) is 15.7. The summed E-state index contributed by atoms with van der Waals surface area (Å²) < 4.78 is 14.9. The maximum atomic E-state index is 13.2. The van der Waals surface area contributed by atoms with Crippen molar-refractivity contribution in [3.8, 4) is 0 Å². The highest BCUT2D eigenvalue weighted by Gasteiger charge is 2.17. The molecule has 0 aliphatic rings. The smallest absolute Gasteiger partial charge is 0.337 e. The van der Waals surface area contributed by atoms with E-state index in [4.69, 9.17) is 5.11 Å². The molecular formula is C17H15FN4O2. The van der Waals surface area contributed by atoms with Crippen LogP contribution in [-0.4, -0.2) is 25.8 Å². The molecule has 1 unspecified atom stereocenters. The third-order valence-electron chi connectivity index (χ3n) is 3.54. The fourth-order valence-corrected chi connectivity index (χ4v) is 2.32. The molecule has 2 heterocycles. The molecule has 7 heteroatoms. The van der Waals surface area contributed by atoms with Crippen LogP contribution < -0.4 is 5.32 Å². The van der Waals surface area contributed by atoms with Crippen molar-refractivity contribution in [2.45, 2.75) is 6.04 Å². The average molecular weight is 326 g/mol. The largest absolute Gasteiger partial charge is 0.478 e. The van der Waals surface area contributed by atoms with E-state index in [2.05, 4.69) is 15.4 Å². The molecule has 0 aliphatic carbocycles. The summed E-state index contributed by atoms with van der Waals surface area (Å²) in [5.41, 5.74) is 1.67. The minimum Gasteiger partial charge on any atom is -0.478 e. The van der Waals surface area contributed by atoms with Crippen LogP contribution in [0.15, 0.2) is 54.9 Å². The van der Waals surface area contributed by atoms with Gasteiger partial charge in [0.1, 0.15) is 11.6 Å². The molecule has 122 valence electrons. The molecule has 0 spiro atoms. The average Bonchev–Trinajstić information content (AvgIpc) is 3.00. The van der Waals surface area contributed by atoms with Crippen molar-refractivity contribution in [1.29, 1.82) is 0 Å². The number of carbonyl (C=O) groups is 1. The zero-order valence-electron chi connectivity index (χ0n) is 12.8. The van der Waals surface area contributed by atoms with Crippen LogP contribution in [0.1, 0.15) is 27.7 Å². The Kier molecular flexibility index (Phi) is 4.24. The van der Waals surface area contributed by atoms with Gasteiger partial charge in [-0.2, -0.15) is 5.10 Å². The summed E-state index contributed by atoms with van der Waals surface area (Å²) in [7, 11) is 1.81. The summed E-state index contributed by atoms with van der Waals surface area (Å²) in [5, 5.41) is 16.5. The minimum atomic E-state index is -1.03. The Hall–Kier alpha value is -3.22. The summed E-state index contributed by atoms with van der Waals surface area (Å²) in [5.74, 6) is -0.851. The van der Waals surface area contributed by atoms with Gasteiger partial charge in [-0.3, -0.25) is 4.68 Å². The standard InChI is InChI=1S/C17H15FN4O2/c1-22-9-8-14(21-22)16(11-2-5-13(18)6-3-11)20-15-7-4-12(10-19-15)17(23)24/h2-10,16H,1H3,(H,19,20)(H,23,24). The quantitative estimate of drug-likeness (QED) is 0.753. The van der Waals surface area contributed by atoms with E-state index in [0.29, 0.717) is 5.82 Å². The summed E-state index contributed by atoms with van der Waals surface area (Å²) in [6, 6.07) is 10.7. The number of rotatable bonds is 5. The van der Waals surface area contributed by atoms with Crippen molar-refractivity contribution in [2.75, 3.05) is 5.32 Å². The van der Waals surface area contributed by atoms with Crippen LogP contribution in [0.4, 0.5) is 10.2 Å². The number of carboxylic acid groups (broad SMARTS) is 1. The third-order valence-corrected chi connectivity index (χ3v) is 3.54.